The first-order chi connectivity index (χ1) is 32.8. The van der Waals surface area contributed by atoms with E-state index in [9.17, 15) is 19.8 Å². The number of hydrogen-bond donors (Lipinski definition) is 2. The summed E-state index contributed by atoms with van der Waals surface area (Å²) in [6, 6.07) is 49.1. The molecule has 0 bridgehead atoms. The zero-order valence-electron chi connectivity index (χ0n) is 35.5. The number of rotatable bonds is 20. The fourth-order valence-corrected chi connectivity index (χ4v) is 6.93. The molecule has 2 N–H and O–H groups in total. The molecule has 16 heteroatoms. The summed E-state index contributed by atoms with van der Waals surface area (Å²) in [5.74, 6) is -0.109. The van der Waals surface area contributed by atoms with Crippen molar-refractivity contribution >= 4 is 33.7 Å². The number of benzene rings is 6. The lowest BCUT2D eigenvalue weighted by Crippen LogP contribution is -2.28. The summed E-state index contributed by atoms with van der Waals surface area (Å²) in [7, 11) is 0. The average molecular weight is 897 g/mol. The number of pyridine rings is 2. The van der Waals surface area contributed by atoms with Crippen LogP contribution in [-0.2, 0) is 37.8 Å². The SMILES string of the molecule is O=C(O)c1ccc(COc2cccc(OCc3ccc4ccccc4n3)c2)c(OC(C(=O)O)n2nnnc2COc2cccc(COc3cccc(OCc4ccc5ccccc5n4)c3)c2)c1. The van der Waals surface area contributed by atoms with Crippen molar-refractivity contribution in [2.45, 2.75) is 39.3 Å². The van der Waals surface area contributed by atoms with Gasteiger partial charge in [-0.15, -0.1) is 5.10 Å². The molecule has 1 unspecified atom stereocenters. The Labute approximate surface area is 382 Å². The van der Waals surface area contributed by atoms with E-state index in [1.54, 1.807) is 48.5 Å². The third-order valence-electron chi connectivity index (χ3n) is 10.3. The molecule has 0 spiro atoms. The minimum absolute atomic E-state index is 0.0210. The van der Waals surface area contributed by atoms with Crippen molar-refractivity contribution in [1.82, 2.24) is 30.2 Å². The summed E-state index contributed by atoms with van der Waals surface area (Å²) in [6.07, 6.45) is -1.82. The second-order valence-corrected chi connectivity index (χ2v) is 15.0. The highest BCUT2D eigenvalue weighted by molar-refractivity contribution is 5.88. The Kier molecular flexibility index (Phi) is 13.0. The van der Waals surface area contributed by atoms with Gasteiger partial charge in [0.1, 0.15) is 67.5 Å². The summed E-state index contributed by atoms with van der Waals surface area (Å²) in [5, 5.41) is 33.8. The van der Waals surface area contributed by atoms with Crippen molar-refractivity contribution in [3.8, 4) is 34.5 Å². The van der Waals surface area contributed by atoms with Crippen LogP contribution in [0.3, 0.4) is 0 Å². The lowest BCUT2D eigenvalue weighted by Gasteiger charge is -2.19. The molecule has 3 heterocycles. The van der Waals surface area contributed by atoms with Gasteiger partial charge in [0.25, 0.3) is 6.23 Å². The molecule has 6 aromatic carbocycles. The fraction of sp³-hybridized carbons (Fsp3) is 0.118. The van der Waals surface area contributed by atoms with E-state index >= 15 is 0 Å². The number of tetrazole rings is 1. The molecule has 334 valence electrons. The molecule has 9 rings (SSSR count). The summed E-state index contributed by atoms with van der Waals surface area (Å²) in [4.78, 5) is 34.0. The maximum Gasteiger partial charge on any atom is 0.368 e. The van der Waals surface area contributed by atoms with Gasteiger partial charge in [-0.3, -0.25) is 0 Å². The highest BCUT2D eigenvalue weighted by Gasteiger charge is 2.28. The normalized spacial score (nSPS) is 11.5. The molecule has 0 radical (unpaired) electrons. The van der Waals surface area contributed by atoms with Crippen molar-refractivity contribution in [3.63, 3.8) is 0 Å². The molecule has 0 amide bonds. The number of hydrogen-bond acceptors (Lipinski definition) is 13. The lowest BCUT2D eigenvalue weighted by atomic mass is 10.1. The minimum atomic E-state index is -1.82. The lowest BCUT2D eigenvalue weighted by molar-refractivity contribution is -0.150. The first kappa shape index (κ1) is 43.2. The number of aromatic carboxylic acids is 1. The maximum absolute atomic E-state index is 12.7. The van der Waals surface area contributed by atoms with E-state index in [1.807, 2.05) is 97.1 Å². The predicted molar refractivity (Wildman–Crippen MR) is 243 cm³/mol. The average Bonchev–Trinajstić information content (AvgIpc) is 3.83. The molecule has 0 fully saturated rings. The zero-order chi connectivity index (χ0) is 46.0. The number of carboxylic acid groups (broad SMARTS) is 2. The van der Waals surface area contributed by atoms with Gasteiger partial charge < -0.3 is 38.6 Å². The van der Waals surface area contributed by atoms with Crippen LogP contribution >= 0.6 is 0 Å². The summed E-state index contributed by atoms with van der Waals surface area (Å²) in [5.41, 5.74) is 4.33. The molecular formula is C51H40N6O10. The largest absolute Gasteiger partial charge is 0.489 e. The number of carbonyl (C=O) groups is 2. The van der Waals surface area contributed by atoms with Gasteiger partial charge in [-0.25, -0.2) is 19.6 Å². The predicted octanol–water partition coefficient (Wildman–Crippen LogP) is 9.02. The quantitative estimate of drug-likeness (QED) is 0.0734. The summed E-state index contributed by atoms with van der Waals surface area (Å²) < 4.78 is 37.1. The van der Waals surface area contributed by atoms with Crippen LogP contribution in [0.4, 0.5) is 0 Å². The highest BCUT2D eigenvalue weighted by Crippen LogP contribution is 2.29. The Balaban J connectivity index is 0.817. The molecule has 0 aliphatic heterocycles. The molecule has 0 saturated heterocycles. The molecule has 0 saturated carbocycles. The Morgan fingerprint density at radius 2 is 1.06 bits per heavy atom. The van der Waals surface area contributed by atoms with Gasteiger partial charge in [0.2, 0.25) is 0 Å². The van der Waals surface area contributed by atoms with Crippen LogP contribution in [0.2, 0.25) is 0 Å². The smallest absolute Gasteiger partial charge is 0.368 e. The Morgan fingerprint density at radius 1 is 0.522 bits per heavy atom. The summed E-state index contributed by atoms with van der Waals surface area (Å²) >= 11 is 0. The van der Waals surface area contributed by atoms with E-state index in [2.05, 4.69) is 25.5 Å². The standard InChI is InChI=1S/C51H40N6O10/c58-50(59)36-18-19-37(29-63-42-13-7-15-44(27-42)65-31-39-23-21-35-10-2-4-17-46(35)53-39)47(25-36)67-49(51(60)61)57-48(54-55-56-57)32-66-40-11-5-8-33(24-40)28-62-41-12-6-14-43(26-41)64-30-38-22-20-34-9-1-3-16-45(34)52-38/h1-27,49H,28-32H2,(H,58,59)(H,60,61). The van der Waals surface area contributed by atoms with Crippen molar-refractivity contribution in [2.24, 2.45) is 0 Å². The molecule has 3 aromatic heterocycles. The van der Waals surface area contributed by atoms with Crippen molar-refractivity contribution in [1.29, 1.82) is 0 Å². The van der Waals surface area contributed by atoms with Gasteiger partial charge in [-0.2, -0.15) is 4.68 Å². The molecule has 0 aliphatic rings. The molecule has 1 atom stereocenters. The number of carboxylic acids is 2. The van der Waals surface area contributed by atoms with Crippen molar-refractivity contribution < 1.29 is 48.2 Å². The first-order valence-electron chi connectivity index (χ1n) is 20.9. The van der Waals surface area contributed by atoms with Crippen LogP contribution in [0.5, 0.6) is 34.5 Å². The molecular weight excluding hydrogens is 857 g/mol. The van der Waals surface area contributed by atoms with Crippen molar-refractivity contribution in [2.75, 3.05) is 0 Å². The topological polar surface area (TPSA) is 199 Å². The third-order valence-corrected chi connectivity index (χ3v) is 10.3. The molecule has 9 aromatic rings. The van der Waals surface area contributed by atoms with Gasteiger partial charge >= 0.3 is 11.9 Å². The van der Waals surface area contributed by atoms with Gasteiger partial charge in [0, 0.05) is 28.5 Å². The number of fused-ring (bicyclic) bond motifs is 2. The van der Waals surface area contributed by atoms with E-state index in [-0.39, 0.29) is 43.6 Å². The van der Waals surface area contributed by atoms with Crippen LogP contribution in [0.25, 0.3) is 21.8 Å². The van der Waals surface area contributed by atoms with E-state index in [4.69, 9.17) is 28.4 Å². The van der Waals surface area contributed by atoms with E-state index in [1.165, 1.54) is 18.2 Å². The van der Waals surface area contributed by atoms with Crippen LogP contribution in [-0.4, -0.2) is 52.3 Å². The first-order valence-corrected chi connectivity index (χ1v) is 20.9. The van der Waals surface area contributed by atoms with Crippen LogP contribution in [0, 0.1) is 0 Å². The Morgan fingerprint density at radius 3 is 1.66 bits per heavy atom. The van der Waals surface area contributed by atoms with Crippen LogP contribution in [0.1, 0.15) is 44.9 Å². The fourth-order valence-electron chi connectivity index (χ4n) is 6.93. The van der Waals surface area contributed by atoms with Gasteiger partial charge in [0.05, 0.1) is 28.0 Å². The zero-order valence-corrected chi connectivity index (χ0v) is 35.5. The number of ether oxygens (including phenoxy) is 6. The number of nitrogens with zero attached hydrogens (tertiary/aromatic N) is 6. The van der Waals surface area contributed by atoms with Crippen LogP contribution < -0.4 is 28.4 Å². The second kappa shape index (κ2) is 20.2. The maximum atomic E-state index is 12.7. The third kappa shape index (κ3) is 11.0. The molecule has 16 nitrogen and oxygen atoms in total. The van der Waals surface area contributed by atoms with E-state index < -0.39 is 18.2 Å². The minimum Gasteiger partial charge on any atom is -0.489 e. The van der Waals surface area contributed by atoms with Crippen molar-refractivity contribution in [3.05, 3.63) is 198 Å². The second-order valence-electron chi connectivity index (χ2n) is 15.0. The van der Waals surface area contributed by atoms with E-state index in [0.29, 0.717) is 40.9 Å². The summed E-state index contributed by atoms with van der Waals surface area (Å²) in [6.45, 7) is 0.376. The number of para-hydroxylation sites is 2. The Bertz CT molecular complexity index is 3200. The van der Waals surface area contributed by atoms with Gasteiger partial charge in [-0.1, -0.05) is 78.9 Å². The number of aliphatic carboxylic acids is 1. The number of aromatic nitrogens is 6. The molecule has 67 heavy (non-hydrogen) atoms. The van der Waals surface area contributed by atoms with Crippen LogP contribution in [0.15, 0.2) is 164 Å². The molecule has 0 aliphatic carbocycles. The van der Waals surface area contributed by atoms with E-state index in [0.717, 1.165) is 43.4 Å². The monoisotopic (exact) mass is 896 g/mol. The highest BCUT2D eigenvalue weighted by atomic mass is 16.5. The Hall–Kier alpha value is -9.05. The van der Waals surface area contributed by atoms with Gasteiger partial charge in [0.15, 0.2) is 5.82 Å². The van der Waals surface area contributed by atoms with Gasteiger partial charge in [-0.05, 0) is 88.8 Å².